The maximum atomic E-state index is 12.4. The lowest BCUT2D eigenvalue weighted by atomic mass is 10.3. The van der Waals surface area contributed by atoms with Crippen LogP contribution in [0.15, 0.2) is 6.07 Å². The van der Waals surface area contributed by atoms with Gasteiger partial charge in [0.05, 0.1) is 7.11 Å². The molecule has 0 fully saturated rings. The van der Waals surface area contributed by atoms with Crippen LogP contribution in [0.3, 0.4) is 0 Å². The minimum absolute atomic E-state index is 0.568. The van der Waals surface area contributed by atoms with Gasteiger partial charge >= 0.3 is 12.2 Å². The normalized spacial score (nSPS) is 11.2. The van der Waals surface area contributed by atoms with Gasteiger partial charge in [-0.2, -0.15) is 0 Å². The molecular formula is C8H6F4N2O4. The highest BCUT2D eigenvalue weighted by Gasteiger charge is 2.35. The molecule has 0 aliphatic carbocycles. The summed E-state index contributed by atoms with van der Waals surface area (Å²) in [5, 5.41) is 10.6. The van der Waals surface area contributed by atoms with E-state index in [-0.39, 0.29) is 0 Å². The summed E-state index contributed by atoms with van der Waals surface area (Å²) in [4.78, 5) is 12.7. The van der Waals surface area contributed by atoms with Gasteiger partial charge in [0.25, 0.3) is 5.75 Å². The Labute approximate surface area is 97.3 Å². The predicted octanol–water partition coefficient (Wildman–Crippen LogP) is 2.37. The maximum Gasteiger partial charge on any atom is 0.573 e. The van der Waals surface area contributed by atoms with Crippen LogP contribution >= 0.6 is 0 Å². The van der Waals surface area contributed by atoms with E-state index in [0.29, 0.717) is 6.07 Å². The Morgan fingerprint density at radius 2 is 2.11 bits per heavy atom. The van der Waals surface area contributed by atoms with E-state index in [0.717, 1.165) is 7.11 Å². The smallest absolute Gasteiger partial charge is 0.486 e. The average molecular weight is 270 g/mol. The molecule has 0 aromatic carbocycles. The van der Waals surface area contributed by atoms with Gasteiger partial charge in [0.1, 0.15) is 0 Å². The first-order valence-electron chi connectivity index (χ1n) is 4.32. The van der Waals surface area contributed by atoms with Crippen molar-refractivity contribution < 1.29 is 32.0 Å². The average Bonchev–Trinajstić information content (AvgIpc) is 2.25. The molecule has 0 saturated heterocycles. The van der Waals surface area contributed by atoms with Crippen molar-refractivity contribution in [1.82, 2.24) is 4.98 Å². The predicted molar refractivity (Wildman–Crippen MR) is 48.9 cm³/mol. The summed E-state index contributed by atoms with van der Waals surface area (Å²) in [7, 11) is 0.905. The summed E-state index contributed by atoms with van der Waals surface area (Å²) < 4.78 is 56.5. The standard InChI is InChI=1S/C8H6F4N2O4/c1-17-6-5(18-8(10,11)12)2-4(3-9)13-7(6)14(15)16/h2H,3H2,1H3. The van der Waals surface area contributed by atoms with E-state index in [1.165, 1.54) is 0 Å². The van der Waals surface area contributed by atoms with E-state index >= 15 is 0 Å². The molecule has 100 valence electrons. The van der Waals surface area contributed by atoms with Crippen molar-refractivity contribution in [1.29, 1.82) is 0 Å². The second-order valence-corrected chi connectivity index (χ2v) is 2.91. The van der Waals surface area contributed by atoms with Crippen LogP contribution in [0.25, 0.3) is 0 Å². The van der Waals surface area contributed by atoms with Crippen LogP contribution < -0.4 is 9.47 Å². The largest absolute Gasteiger partial charge is 0.573 e. The molecule has 18 heavy (non-hydrogen) atoms. The van der Waals surface area contributed by atoms with Crippen molar-refractivity contribution in [3.05, 3.63) is 21.9 Å². The number of halogens is 4. The molecule has 0 amide bonds. The number of nitro groups is 1. The summed E-state index contributed by atoms with van der Waals surface area (Å²) in [5.41, 5.74) is -0.568. The number of aromatic nitrogens is 1. The highest BCUT2D eigenvalue weighted by atomic mass is 19.4. The van der Waals surface area contributed by atoms with Crippen LogP contribution in [0.4, 0.5) is 23.4 Å². The van der Waals surface area contributed by atoms with Crippen LogP contribution in [-0.4, -0.2) is 23.4 Å². The number of ether oxygens (including phenoxy) is 2. The Hall–Kier alpha value is -2.13. The molecule has 0 radical (unpaired) electrons. The van der Waals surface area contributed by atoms with Crippen molar-refractivity contribution in [2.45, 2.75) is 13.0 Å². The number of hydrogen-bond acceptors (Lipinski definition) is 5. The first kappa shape index (κ1) is 13.9. The molecule has 1 heterocycles. The monoisotopic (exact) mass is 270 g/mol. The molecule has 1 rings (SSSR count). The number of hydrogen-bond donors (Lipinski definition) is 0. The second-order valence-electron chi connectivity index (χ2n) is 2.91. The number of alkyl halides is 4. The fourth-order valence-electron chi connectivity index (χ4n) is 1.13. The topological polar surface area (TPSA) is 74.5 Å². The van der Waals surface area contributed by atoms with Gasteiger partial charge in [-0.15, -0.1) is 13.2 Å². The van der Waals surface area contributed by atoms with Gasteiger partial charge in [0.15, 0.2) is 18.1 Å². The van der Waals surface area contributed by atoms with Crippen molar-refractivity contribution in [2.75, 3.05) is 7.11 Å². The molecule has 6 nitrogen and oxygen atoms in total. The highest BCUT2D eigenvalue weighted by molar-refractivity contribution is 5.52. The molecule has 1 aromatic heterocycles. The minimum atomic E-state index is -5.09. The molecule has 10 heteroatoms. The van der Waals surface area contributed by atoms with E-state index in [1.807, 2.05) is 0 Å². The molecule has 0 spiro atoms. The number of rotatable bonds is 4. The molecule has 0 aliphatic heterocycles. The number of methoxy groups -OCH3 is 1. The number of pyridine rings is 1. The van der Waals surface area contributed by atoms with Crippen molar-refractivity contribution >= 4 is 5.82 Å². The lowest BCUT2D eigenvalue weighted by molar-refractivity contribution is -0.390. The van der Waals surface area contributed by atoms with Crippen molar-refractivity contribution in [2.24, 2.45) is 0 Å². The molecule has 0 N–H and O–H groups in total. The summed E-state index contributed by atoms with van der Waals surface area (Å²) in [6.07, 6.45) is -5.09. The molecule has 1 aromatic rings. The van der Waals surface area contributed by atoms with E-state index in [9.17, 15) is 27.7 Å². The van der Waals surface area contributed by atoms with Gasteiger partial charge in [0.2, 0.25) is 0 Å². The van der Waals surface area contributed by atoms with Crippen LogP contribution in [0, 0.1) is 10.1 Å². The highest BCUT2D eigenvalue weighted by Crippen LogP contribution is 2.38. The van der Waals surface area contributed by atoms with Crippen LogP contribution in [0.1, 0.15) is 5.69 Å². The van der Waals surface area contributed by atoms with Crippen LogP contribution in [0.2, 0.25) is 0 Å². The van der Waals surface area contributed by atoms with Crippen LogP contribution in [-0.2, 0) is 6.67 Å². The van der Waals surface area contributed by atoms with Gasteiger partial charge in [-0.05, 0) is 9.91 Å². The van der Waals surface area contributed by atoms with Gasteiger partial charge in [-0.25, -0.2) is 4.39 Å². The Kier molecular flexibility index (Phi) is 3.89. The lowest BCUT2D eigenvalue weighted by Crippen LogP contribution is -2.18. The summed E-state index contributed by atoms with van der Waals surface area (Å²) >= 11 is 0. The number of nitrogens with zero attached hydrogens (tertiary/aromatic N) is 2. The van der Waals surface area contributed by atoms with E-state index in [4.69, 9.17) is 0 Å². The molecule has 0 saturated carbocycles. The Balaban J connectivity index is 3.37. The fraction of sp³-hybridized carbons (Fsp3) is 0.375. The molecule has 0 aliphatic rings. The third-order valence-electron chi connectivity index (χ3n) is 1.71. The maximum absolute atomic E-state index is 12.4. The third-order valence-corrected chi connectivity index (χ3v) is 1.71. The fourth-order valence-corrected chi connectivity index (χ4v) is 1.13. The summed E-state index contributed by atoms with van der Waals surface area (Å²) in [6.45, 7) is -1.28. The molecule has 0 bridgehead atoms. The summed E-state index contributed by atoms with van der Waals surface area (Å²) in [5.74, 6) is -2.89. The first-order valence-corrected chi connectivity index (χ1v) is 4.32. The van der Waals surface area contributed by atoms with E-state index in [2.05, 4.69) is 14.5 Å². The van der Waals surface area contributed by atoms with Gasteiger partial charge in [-0.3, -0.25) is 0 Å². The summed E-state index contributed by atoms with van der Waals surface area (Å²) in [6, 6.07) is 0.583. The van der Waals surface area contributed by atoms with Gasteiger partial charge in [0, 0.05) is 6.07 Å². The third kappa shape index (κ3) is 3.18. The Morgan fingerprint density at radius 3 is 2.50 bits per heavy atom. The van der Waals surface area contributed by atoms with Crippen LogP contribution in [0.5, 0.6) is 11.5 Å². The second kappa shape index (κ2) is 5.02. The van der Waals surface area contributed by atoms with E-state index in [1.54, 1.807) is 0 Å². The molecule has 0 unspecified atom stereocenters. The minimum Gasteiger partial charge on any atom is -0.486 e. The zero-order valence-electron chi connectivity index (χ0n) is 8.82. The Bertz CT molecular complexity index is 463. The van der Waals surface area contributed by atoms with Crippen molar-refractivity contribution in [3.8, 4) is 11.5 Å². The zero-order valence-corrected chi connectivity index (χ0v) is 8.82. The van der Waals surface area contributed by atoms with Crippen molar-refractivity contribution in [3.63, 3.8) is 0 Å². The zero-order chi connectivity index (χ0) is 13.9. The molecular weight excluding hydrogens is 264 g/mol. The SMILES string of the molecule is COc1c(OC(F)(F)F)cc(CF)nc1[N+](=O)[O-]. The Morgan fingerprint density at radius 1 is 1.50 bits per heavy atom. The quantitative estimate of drug-likeness (QED) is 0.477. The van der Waals surface area contributed by atoms with Gasteiger partial charge in [-0.1, -0.05) is 0 Å². The lowest BCUT2D eigenvalue weighted by Gasteiger charge is -2.12. The molecule has 0 atom stereocenters. The van der Waals surface area contributed by atoms with Gasteiger partial charge < -0.3 is 19.6 Å². The first-order chi connectivity index (χ1) is 8.28. The van der Waals surface area contributed by atoms with E-state index < -0.39 is 41.0 Å².